The Kier molecular flexibility index (Phi) is 4.78. The highest BCUT2D eigenvalue weighted by molar-refractivity contribution is 5.96. The Bertz CT molecular complexity index is 1020. The third kappa shape index (κ3) is 3.32. The molecule has 0 aliphatic rings. The summed E-state index contributed by atoms with van der Waals surface area (Å²) in [6, 6.07) is 5.62. The van der Waals surface area contributed by atoms with Gasteiger partial charge in [0.25, 0.3) is 5.91 Å². The SMILES string of the molecule is COc1nc(OC)c2[nH]cc(C(=O)NCc3ccc(F)cc3)c(=O)c2n1. The number of aromatic amines is 1. The van der Waals surface area contributed by atoms with Crippen molar-refractivity contribution in [2.24, 2.45) is 0 Å². The van der Waals surface area contributed by atoms with Gasteiger partial charge in [0, 0.05) is 12.7 Å². The van der Waals surface area contributed by atoms with E-state index in [0.29, 0.717) is 5.56 Å². The zero-order chi connectivity index (χ0) is 18.7. The van der Waals surface area contributed by atoms with Crippen molar-refractivity contribution >= 4 is 16.9 Å². The number of rotatable bonds is 5. The maximum Gasteiger partial charge on any atom is 0.320 e. The number of hydrogen-bond donors (Lipinski definition) is 2. The molecule has 0 spiro atoms. The summed E-state index contributed by atoms with van der Waals surface area (Å²) in [5.74, 6) is -0.829. The van der Waals surface area contributed by atoms with E-state index >= 15 is 0 Å². The van der Waals surface area contributed by atoms with Crippen molar-refractivity contribution in [2.75, 3.05) is 14.2 Å². The maximum atomic E-state index is 12.9. The minimum atomic E-state index is -0.589. The van der Waals surface area contributed by atoms with Crippen LogP contribution in [0.4, 0.5) is 4.39 Å². The number of methoxy groups -OCH3 is 2. The predicted octanol–water partition coefficient (Wildman–Crippen LogP) is 1.40. The molecule has 0 radical (unpaired) electrons. The maximum absolute atomic E-state index is 12.9. The van der Waals surface area contributed by atoms with Crippen LogP contribution in [0.15, 0.2) is 35.3 Å². The highest BCUT2D eigenvalue weighted by Crippen LogP contribution is 2.20. The molecule has 2 heterocycles. The average Bonchev–Trinajstić information content (AvgIpc) is 2.67. The summed E-state index contributed by atoms with van der Waals surface area (Å²) in [7, 11) is 2.75. The van der Waals surface area contributed by atoms with Gasteiger partial charge in [-0.05, 0) is 17.7 Å². The van der Waals surface area contributed by atoms with E-state index in [1.807, 2.05) is 0 Å². The van der Waals surface area contributed by atoms with E-state index in [2.05, 4.69) is 20.3 Å². The lowest BCUT2D eigenvalue weighted by atomic mass is 10.2. The van der Waals surface area contributed by atoms with Crippen molar-refractivity contribution in [1.29, 1.82) is 0 Å². The van der Waals surface area contributed by atoms with E-state index < -0.39 is 11.3 Å². The molecule has 2 aromatic heterocycles. The minimum Gasteiger partial charge on any atom is -0.479 e. The van der Waals surface area contributed by atoms with Crippen molar-refractivity contribution < 1.29 is 18.7 Å². The average molecular weight is 358 g/mol. The van der Waals surface area contributed by atoms with E-state index in [-0.39, 0.29) is 40.8 Å². The highest BCUT2D eigenvalue weighted by Gasteiger charge is 2.18. The third-order valence-electron chi connectivity index (χ3n) is 3.66. The molecule has 9 heteroatoms. The number of aromatic nitrogens is 3. The van der Waals surface area contributed by atoms with Gasteiger partial charge in [0.2, 0.25) is 11.3 Å². The Morgan fingerprint density at radius 3 is 2.58 bits per heavy atom. The predicted molar refractivity (Wildman–Crippen MR) is 90.8 cm³/mol. The lowest BCUT2D eigenvalue weighted by Gasteiger charge is -2.08. The number of benzene rings is 1. The molecule has 0 fully saturated rings. The fourth-order valence-corrected chi connectivity index (χ4v) is 2.34. The van der Waals surface area contributed by atoms with Gasteiger partial charge in [-0.15, -0.1) is 0 Å². The molecular weight excluding hydrogens is 343 g/mol. The fraction of sp³-hybridized carbons (Fsp3) is 0.176. The second kappa shape index (κ2) is 7.18. The molecule has 0 aliphatic heterocycles. The van der Waals surface area contributed by atoms with Gasteiger partial charge in [0.1, 0.15) is 22.4 Å². The summed E-state index contributed by atoms with van der Waals surface area (Å²) in [6.45, 7) is 0.146. The monoisotopic (exact) mass is 358 g/mol. The van der Waals surface area contributed by atoms with Gasteiger partial charge in [0.05, 0.1) is 14.2 Å². The van der Waals surface area contributed by atoms with Crippen LogP contribution in [0.1, 0.15) is 15.9 Å². The van der Waals surface area contributed by atoms with Crippen LogP contribution in [0.2, 0.25) is 0 Å². The van der Waals surface area contributed by atoms with Crippen LogP contribution in [0.5, 0.6) is 11.9 Å². The Balaban J connectivity index is 1.92. The molecule has 8 nitrogen and oxygen atoms in total. The van der Waals surface area contributed by atoms with Gasteiger partial charge in [-0.25, -0.2) is 4.39 Å². The molecule has 0 atom stereocenters. The first-order valence-corrected chi connectivity index (χ1v) is 7.57. The van der Waals surface area contributed by atoms with Crippen molar-refractivity contribution in [1.82, 2.24) is 20.3 Å². The molecule has 2 N–H and O–H groups in total. The zero-order valence-electron chi connectivity index (χ0n) is 14.0. The molecule has 0 bridgehead atoms. The number of nitrogens with one attached hydrogen (secondary N) is 2. The summed E-state index contributed by atoms with van der Waals surface area (Å²) in [5.41, 5.74) is 0.218. The molecule has 0 aliphatic carbocycles. The van der Waals surface area contributed by atoms with Crippen molar-refractivity contribution in [2.45, 2.75) is 6.54 Å². The van der Waals surface area contributed by atoms with Gasteiger partial charge in [-0.3, -0.25) is 9.59 Å². The first-order chi connectivity index (χ1) is 12.5. The Morgan fingerprint density at radius 2 is 1.92 bits per heavy atom. The quantitative estimate of drug-likeness (QED) is 0.714. The molecule has 1 aromatic carbocycles. The zero-order valence-corrected chi connectivity index (χ0v) is 14.0. The molecule has 1 amide bonds. The summed E-state index contributed by atoms with van der Waals surface area (Å²) in [6.07, 6.45) is 1.27. The van der Waals surface area contributed by atoms with Gasteiger partial charge in [-0.2, -0.15) is 9.97 Å². The van der Waals surface area contributed by atoms with Crippen molar-refractivity contribution in [3.8, 4) is 11.9 Å². The molecule has 3 rings (SSSR count). The van der Waals surface area contributed by atoms with Crippen molar-refractivity contribution in [3.63, 3.8) is 0 Å². The number of pyridine rings is 1. The topological polar surface area (TPSA) is 106 Å². The molecule has 134 valence electrons. The summed E-state index contributed by atoms with van der Waals surface area (Å²) >= 11 is 0. The van der Waals surface area contributed by atoms with Crippen LogP contribution in [0, 0.1) is 5.82 Å². The summed E-state index contributed by atoms with van der Waals surface area (Å²) in [4.78, 5) is 35.8. The number of carbonyl (C=O) groups excluding carboxylic acids is 1. The molecule has 0 saturated carbocycles. The van der Waals surface area contributed by atoms with Crippen LogP contribution in [-0.2, 0) is 6.54 Å². The van der Waals surface area contributed by atoms with E-state index in [1.165, 1.54) is 32.5 Å². The number of hydrogen-bond acceptors (Lipinski definition) is 6. The molecule has 3 aromatic rings. The lowest BCUT2D eigenvalue weighted by Crippen LogP contribution is -2.29. The number of amides is 1. The normalized spacial score (nSPS) is 10.6. The first-order valence-electron chi connectivity index (χ1n) is 7.57. The summed E-state index contributed by atoms with van der Waals surface area (Å²) < 4.78 is 23.0. The number of nitrogens with zero attached hydrogens (tertiary/aromatic N) is 2. The fourth-order valence-electron chi connectivity index (χ4n) is 2.34. The number of fused-ring (bicyclic) bond motifs is 1. The van der Waals surface area contributed by atoms with Crippen LogP contribution >= 0.6 is 0 Å². The molecular formula is C17H15FN4O4. The van der Waals surface area contributed by atoms with E-state index in [1.54, 1.807) is 12.1 Å². The van der Waals surface area contributed by atoms with Gasteiger partial charge < -0.3 is 19.8 Å². The van der Waals surface area contributed by atoms with Gasteiger partial charge >= 0.3 is 6.01 Å². The number of ether oxygens (including phenoxy) is 2. The van der Waals surface area contributed by atoms with Crippen LogP contribution in [0.3, 0.4) is 0 Å². The number of H-pyrrole nitrogens is 1. The second-order valence-corrected chi connectivity index (χ2v) is 5.28. The van der Waals surface area contributed by atoms with E-state index in [9.17, 15) is 14.0 Å². The largest absolute Gasteiger partial charge is 0.479 e. The van der Waals surface area contributed by atoms with E-state index in [4.69, 9.17) is 9.47 Å². The molecule has 26 heavy (non-hydrogen) atoms. The smallest absolute Gasteiger partial charge is 0.320 e. The molecule has 0 unspecified atom stereocenters. The van der Waals surface area contributed by atoms with Crippen LogP contribution in [-0.4, -0.2) is 35.1 Å². The Labute approximate surface area is 147 Å². The Morgan fingerprint density at radius 1 is 1.19 bits per heavy atom. The van der Waals surface area contributed by atoms with Crippen LogP contribution in [0.25, 0.3) is 11.0 Å². The first kappa shape index (κ1) is 17.3. The summed E-state index contributed by atoms with van der Waals surface area (Å²) in [5, 5.41) is 2.61. The van der Waals surface area contributed by atoms with Gasteiger partial charge in [-0.1, -0.05) is 12.1 Å². The highest BCUT2D eigenvalue weighted by atomic mass is 19.1. The van der Waals surface area contributed by atoms with Gasteiger partial charge in [0.15, 0.2) is 0 Å². The number of halogens is 1. The number of carbonyl (C=O) groups is 1. The Hall–Kier alpha value is -3.49. The second-order valence-electron chi connectivity index (χ2n) is 5.28. The van der Waals surface area contributed by atoms with Crippen molar-refractivity contribution in [3.05, 3.63) is 57.6 Å². The van der Waals surface area contributed by atoms with Crippen LogP contribution < -0.4 is 20.2 Å². The third-order valence-corrected chi connectivity index (χ3v) is 3.66. The standard InChI is InChI=1S/C17H15FN4O4/c1-25-16-13-12(21-17(22-16)26-2)14(23)11(8-19-13)15(24)20-7-9-3-5-10(18)6-4-9/h3-6,8H,7H2,1-2H3,(H,19,23)(H,20,24). The minimum absolute atomic E-state index is 0.0249. The lowest BCUT2D eigenvalue weighted by molar-refractivity contribution is 0.0949. The van der Waals surface area contributed by atoms with E-state index in [0.717, 1.165) is 0 Å². The molecule has 0 saturated heterocycles.